The molecule has 1 aromatic rings. The van der Waals surface area contributed by atoms with Crippen molar-refractivity contribution in [3.8, 4) is 5.75 Å². The van der Waals surface area contributed by atoms with Gasteiger partial charge in [-0.25, -0.2) is 4.39 Å². The summed E-state index contributed by atoms with van der Waals surface area (Å²) in [5.41, 5.74) is -0.777. The molecule has 1 saturated heterocycles. The van der Waals surface area contributed by atoms with Gasteiger partial charge < -0.3 is 10.1 Å². The van der Waals surface area contributed by atoms with Gasteiger partial charge in [-0.05, 0) is 31.0 Å². The van der Waals surface area contributed by atoms with E-state index in [4.69, 9.17) is 4.74 Å². The molecule has 0 radical (unpaired) electrons. The van der Waals surface area contributed by atoms with Crippen LogP contribution in [0.4, 0.5) is 17.6 Å². The van der Waals surface area contributed by atoms with Gasteiger partial charge in [-0.2, -0.15) is 13.2 Å². The first-order valence-corrected chi connectivity index (χ1v) is 6.17. The number of hydrogen-bond donors (Lipinski definition) is 1. The third-order valence-electron chi connectivity index (χ3n) is 3.71. The third-order valence-corrected chi connectivity index (χ3v) is 3.71. The molecule has 2 nitrogen and oxygen atoms in total. The Morgan fingerprint density at radius 1 is 1.32 bits per heavy atom. The fourth-order valence-corrected chi connectivity index (χ4v) is 2.80. The van der Waals surface area contributed by atoms with Crippen molar-refractivity contribution in [1.29, 1.82) is 0 Å². The fourth-order valence-electron chi connectivity index (χ4n) is 2.80. The van der Waals surface area contributed by atoms with E-state index in [2.05, 4.69) is 5.32 Å². The smallest absolute Gasteiger partial charge is 0.419 e. The van der Waals surface area contributed by atoms with Gasteiger partial charge >= 0.3 is 6.18 Å². The molecule has 1 N–H and O–H groups in total. The molecule has 3 rings (SSSR count). The Morgan fingerprint density at radius 2 is 2.05 bits per heavy atom. The average Bonchev–Trinajstić information content (AvgIpc) is 2.63. The first-order valence-electron chi connectivity index (χ1n) is 6.17. The second-order valence-electron chi connectivity index (χ2n) is 5.25. The van der Waals surface area contributed by atoms with Crippen LogP contribution in [-0.2, 0) is 6.18 Å². The maximum atomic E-state index is 13.6. The van der Waals surface area contributed by atoms with E-state index in [9.17, 15) is 17.6 Å². The van der Waals surface area contributed by atoms with Crippen LogP contribution >= 0.6 is 0 Å². The third kappa shape index (κ3) is 2.08. The molecule has 0 saturated carbocycles. The predicted octanol–water partition coefficient (Wildman–Crippen LogP) is 3.28. The minimum Gasteiger partial charge on any atom is -0.488 e. The molecule has 19 heavy (non-hydrogen) atoms. The molecular formula is C13H13F4NO. The lowest BCUT2D eigenvalue weighted by atomic mass is 9.91. The fraction of sp³-hybridized carbons (Fsp3) is 0.538. The Hall–Kier alpha value is -1.30. The maximum Gasteiger partial charge on any atom is 0.419 e. The monoisotopic (exact) mass is 275 g/mol. The summed E-state index contributed by atoms with van der Waals surface area (Å²) < 4.78 is 57.0. The highest BCUT2D eigenvalue weighted by Gasteiger charge is 2.42. The second-order valence-corrected chi connectivity index (χ2v) is 5.25. The molecule has 2 aliphatic heterocycles. The van der Waals surface area contributed by atoms with E-state index < -0.39 is 17.6 Å². The van der Waals surface area contributed by atoms with E-state index in [0.29, 0.717) is 11.5 Å². The number of nitrogens with one attached hydrogen (secondary N) is 1. The van der Waals surface area contributed by atoms with E-state index >= 15 is 0 Å². The van der Waals surface area contributed by atoms with E-state index in [1.54, 1.807) is 0 Å². The predicted molar refractivity (Wildman–Crippen MR) is 60.3 cm³/mol. The van der Waals surface area contributed by atoms with Crippen molar-refractivity contribution in [1.82, 2.24) is 5.32 Å². The van der Waals surface area contributed by atoms with Crippen molar-refractivity contribution in [2.75, 3.05) is 6.54 Å². The molecule has 104 valence electrons. The molecule has 0 spiro atoms. The van der Waals surface area contributed by atoms with E-state index in [1.165, 1.54) is 0 Å². The lowest BCUT2D eigenvalue weighted by Crippen LogP contribution is -2.41. The van der Waals surface area contributed by atoms with Gasteiger partial charge in [0, 0.05) is 5.56 Å². The topological polar surface area (TPSA) is 21.3 Å². The molecule has 6 heteroatoms. The zero-order chi connectivity index (χ0) is 13.8. The highest BCUT2D eigenvalue weighted by molar-refractivity contribution is 5.45. The van der Waals surface area contributed by atoms with E-state index in [1.807, 2.05) is 6.92 Å². The first-order chi connectivity index (χ1) is 8.86. The van der Waals surface area contributed by atoms with Crippen LogP contribution in [0.5, 0.6) is 5.75 Å². The number of fused-ring (bicyclic) bond motifs is 3. The summed E-state index contributed by atoms with van der Waals surface area (Å²) >= 11 is 0. The highest BCUT2D eigenvalue weighted by Crippen LogP contribution is 2.44. The summed E-state index contributed by atoms with van der Waals surface area (Å²) in [7, 11) is 0. The van der Waals surface area contributed by atoms with Gasteiger partial charge in [0.15, 0.2) is 0 Å². The highest BCUT2D eigenvalue weighted by atomic mass is 19.4. The van der Waals surface area contributed by atoms with Crippen molar-refractivity contribution in [2.24, 2.45) is 5.92 Å². The van der Waals surface area contributed by atoms with Gasteiger partial charge in [0.1, 0.15) is 17.7 Å². The van der Waals surface area contributed by atoms with Crippen molar-refractivity contribution >= 4 is 0 Å². The second kappa shape index (κ2) is 4.10. The van der Waals surface area contributed by atoms with Gasteiger partial charge in [-0.3, -0.25) is 0 Å². The van der Waals surface area contributed by atoms with Crippen LogP contribution in [0.1, 0.15) is 30.5 Å². The van der Waals surface area contributed by atoms with Crippen LogP contribution in [-0.4, -0.2) is 12.6 Å². The Morgan fingerprint density at radius 3 is 2.74 bits per heavy atom. The normalized spacial score (nSPS) is 29.6. The summed E-state index contributed by atoms with van der Waals surface area (Å²) in [6, 6.07) is 1.52. The number of halogens is 4. The van der Waals surface area contributed by atoms with Crippen LogP contribution < -0.4 is 10.1 Å². The summed E-state index contributed by atoms with van der Waals surface area (Å²) in [5.74, 6) is -0.705. The van der Waals surface area contributed by atoms with Gasteiger partial charge in [0.25, 0.3) is 0 Å². The summed E-state index contributed by atoms with van der Waals surface area (Å²) in [6.45, 7) is 2.80. The van der Waals surface area contributed by atoms with Crippen molar-refractivity contribution in [3.63, 3.8) is 0 Å². The molecule has 0 unspecified atom stereocenters. The molecule has 0 bridgehead atoms. The molecule has 0 aromatic heterocycles. The Bertz CT molecular complexity index is 514. The number of rotatable bonds is 0. The van der Waals surface area contributed by atoms with E-state index in [-0.39, 0.29) is 17.9 Å². The van der Waals surface area contributed by atoms with Gasteiger partial charge in [-0.15, -0.1) is 0 Å². The maximum absolute atomic E-state index is 13.6. The molecule has 2 aliphatic rings. The first kappa shape index (κ1) is 12.7. The zero-order valence-corrected chi connectivity index (χ0v) is 10.2. The lowest BCUT2D eigenvalue weighted by molar-refractivity contribution is -0.140. The summed E-state index contributed by atoms with van der Waals surface area (Å²) in [5, 5.41) is 3.20. The van der Waals surface area contributed by atoms with Crippen LogP contribution in [0.3, 0.4) is 0 Å². The number of ether oxygens (including phenoxy) is 1. The van der Waals surface area contributed by atoms with Gasteiger partial charge in [-0.1, -0.05) is 6.92 Å². The number of hydrogen-bond acceptors (Lipinski definition) is 2. The Balaban J connectivity index is 2.00. The van der Waals surface area contributed by atoms with Crippen molar-refractivity contribution in [3.05, 3.63) is 29.1 Å². The SMILES string of the molecule is C[C@H]1CN[C@H]2c3cc(F)c(C(F)(F)F)cc3O[C@H]2C1. The van der Waals surface area contributed by atoms with Gasteiger partial charge in [0.05, 0.1) is 11.6 Å². The Kier molecular flexibility index (Phi) is 2.74. The molecule has 1 fully saturated rings. The standard InChI is InChI=1S/C13H13F4NO/c1-6-2-11-12(18-5-6)7-3-9(14)8(13(15,16)17)4-10(7)19-11/h3-4,6,11-12,18H,2,5H2,1H3/t6-,11+,12+/m1/s1. The molecule has 3 atom stereocenters. The van der Waals surface area contributed by atoms with Crippen LogP contribution in [0, 0.1) is 11.7 Å². The number of alkyl halides is 3. The van der Waals surface area contributed by atoms with Crippen molar-refractivity contribution < 1.29 is 22.3 Å². The van der Waals surface area contributed by atoms with Gasteiger partial charge in [0.2, 0.25) is 0 Å². The summed E-state index contributed by atoms with van der Waals surface area (Å²) in [6.07, 6.45) is -4.15. The summed E-state index contributed by atoms with van der Waals surface area (Å²) in [4.78, 5) is 0. The molecular weight excluding hydrogens is 262 g/mol. The molecule has 0 aliphatic carbocycles. The van der Waals surface area contributed by atoms with E-state index in [0.717, 1.165) is 25.1 Å². The lowest BCUT2D eigenvalue weighted by Gasteiger charge is -2.29. The van der Waals surface area contributed by atoms with Crippen LogP contribution in [0.2, 0.25) is 0 Å². The molecule has 2 heterocycles. The quantitative estimate of drug-likeness (QED) is 0.734. The largest absolute Gasteiger partial charge is 0.488 e. The van der Waals surface area contributed by atoms with Crippen LogP contribution in [0.25, 0.3) is 0 Å². The minimum absolute atomic E-state index is 0.144. The molecule has 1 aromatic carbocycles. The number of benzene rings is 1. The Labute approximate surface area is 107 Å². The number of piperidine rings is 1. The molecule has 0 amide bonds. The van der Waals surface area contributed by atoms with Crippen LogP contribution in [0.15, 0.2) is 12.1 Å². The minimum atomic E-state index is -4.70. The zero-order valence-electron chi connectivity index (χ0n) is 10.2. The van der Waals surface area contributed by atoms with Crippen molar-refractivity contribution in [2.45, 2.75) is 31.7 Å². The average molecular weight is 275 g/mol.